The van der Waals surface area contributed by atoms with Gasteiger partial charge in [0.05, 0.1) is 0 Å². The molecule has 1 amide bonds. The first kappa shape index (κ1) is 13.0. The lowest BCUT2D eigenvalue weighted by Gasteiger charge is -2.10. The second kappa shape index (κ2) is 5.44. The lowest BCUT2D eigenvalue weighted by molar-refractivity contribution is 0.102. The van der Waals surface area contributed by atoms with E-state index in [0.717, 1.165) is 5.56 Å². The van der Waals surface area contributed by atoms with Gasteiger partial charge in [0.1, 0.15) is 11.5 Å². The van der Waals surface area contributed by atoms with Gasteiger partial charge in [-0.2, -0.15) is 0 Å². The van der Waals surface area contributed by atoms with Gasteiger partial charge in [-0.3, -0.25) is 4.79 Å². The molecular formula is C15H15NO3. The van der Waals surface area contributed by atoms with Crippen LogP contribution in [0.25, 0.3) is 0 Å². The third-order valence-corrected chi connectivity index (χ3v) is 2.85. The summed E-state index contributed by atoms with van der Waals surface area (Å²) in [4.78, 5) is 12.0. The maximum absolute atomic E-state index is 12.0. The van der Waals surface area contributed by atoms with Gasteiger partial charge in [-0.05, 0) is 54.4 Å². The van der Waals surface area contributed by atoms with Crippen LogP contribution >= 0.6 is 0 Å². The third-order valence-electron chi connectivity index (χ3n) is 2.85. The number of phenols is 2. The highest BCUT2D eigenvalue weighted by Crippen LogP contribution is 2.22. The van der Waals surface area contributed by atoms with Crippen molar-refractivity contribution in [2.45, 2.75) is 13.3 Å². The summed E-state index contributed by atoms with van der Waals surface area (Å²) in [5.41, 5.74) is 2.01. The van der Waals surface area contributed by atoms with E-state index in [1.54, 1.807) is 24.3 Å². The van der Waals surface area contributed by atoms with E-state index < -0.39 is 0 Å². The number of aromatic hydroxyl groups is 2. The van der Waals surface area contributed by atoms with Crippen LogP contribution in [0.15, 0.2) is 42.5 Å². The van der Waals surface area contributed by atoms with Gasteiger partial charge in [-0.15, -0.1) is 0 Å². The van der Waals surface area contributed by atoms with E-state index >= 15 is 0 Å². The minimum Gasteiger partial charge on any atom is -0.508 e. The fourth-order valence-corrected chi connectivity index (χ4v) is 1.80. The smallest absolute Gasteiger partial charge is 0.255 e. The molecule has 19 heavy (non-hydrogen) atoms. The van der Waals surface area contributed by atoms with Crippen LogP contribution in [0.1, 0.15) is 22.8 Å². The molecule has 0 saturated heterocycles. The molecule has 0 aliphatic rings. The van der Waals surface area contributed by atoms with Gasteiger partial charge in [-0.25, -0.2) is 0 Å². The van der Waals surface area contributed by atoms with Crippen LogP contribution in [0.2, 0.25) is 0 Å². The summed E-state index contributed by atoms with van der Waals surface area (Å²) in [5.74, 6) is 0.0512. The van der Waals surface area contributed by atoms with Crippen LogP contribution in [-0.2, 0) is 6.42 Å². The molecule has 0 heterocycles. The number of amides is 1. The Morgan fingerprint density at radius 1 is 1.05 bits per heavy atom. The molecule has 4 nitrogen and oxygen atoms in total. The predicted molar refractivity (Wildman–Crippen MR) is 73.5 cm³/mol. The number of hydrogen-bond acceptors (Lipinski definition) is 3. The summed E-state index contributed by atoms with van der Waals surface area (Å²) < 4.78 is 0. The standard InChI is InChI=1S/C15H15NO3/c1-2-10-9-13(18)7-8-14(10)16-15(19)11-3-5-12(17)6-4-11/h3-9,17-18H,2H2,1H3,(H,16,19). The fraction of sp³-hybridized carbons (Fsp3) is 0.133. The highest BCUT2D eigenvalue weighted by atomic mass is 16.3. The summed E-state index contributed by atoms with van der Waals surface area (Å²) in [6.45, 7) is 1.95. The number of nitrogens with one attached hydrogen (secondary N) is 1. The Labute approximate surface area is 111 Å². The van der Waals surface area contributed by atoms with Gasteiger partial charge in [0, 0.05) is 11.3 Å². The molecule has 2 aromatic rings. The minimum atomic E-state index is -0.250. The monoisotopic (exact) mass is 257 g/mol. The molecule has 2 rings (SSSR count). The van der Waals surface area contributed by atoms with Crippen molar-refractivity contribution in [2.24, 2.45) is 0 Å². The zero-order valence-corrected chi connectivity index (χ0v) is 10.6. The van der Waals surface area contributed by atoms with E-state index in [9.17, 15) is 15.0 Å². The molecule has 0 aliphatic carbocycles. The molecule has 4 heteroatoms. The Balaban J connectivity index is 2.21. The third kappa shape index (κ3) is 3.04. The van der Waals surface area contributed by atoms with E-state index in [1.165, 1.54) is 18.2 Å². The fourth-order valence-electron chi connectivity index (χ4n) is 1.80. The van der Waals surface area contributed by atoms with Crippen LogP contribution in [0, 0.1) is 0 Å². The van der Waals surface area contributed by atoms with Crippen molar-refractivity contribution < 1.29 is 15.0 Å². The number of hydrogen-bond donors (Lipinski definition) is 3. The van der Waals surface area contributed by atoms with Crippen molar-refractivity contribution >= 4 is 11.6 Å². The summed E-state index contributed by atoms with van der Waals surface area (Å²) in [7, 11) is 0. The van der Waals surface area contributed by atoms with Gasteiger partial charge in [0.15, 0.2) is 0 Å². The minimum absolute atomic E-state index is 0.121. The average molecular weight is 257 g/mol. The van der Waals surface area contributed by atoms with Crippen LogP contribution in [0.5, 0.6) is 11.5 Å². The highest BCUT2D eigenvalue weighted by molar-refractivity contribution is 6.04. The van der Waals surface area contributed by atoms with Crippen molar-refractivity contribution in [1.82, 2.24) is 0 Å². The number of benzene rings is 2. The average Bonchev–Trinajstić information content (AvgIpc) is 2.41. The normalized spacial score (nSPS) is 10.2. The van der Waals surface area contributed by atoms with Crippen LogP contribution < -0.4 is 5.32 Å². The van der Waals surface area contributed by atoms with Gasteiger partial charge in [0.25, 0.3) is 5.91 Å². The molecular weight excluding hydrogens is 242 g/mol. The van der Waals surface area contributed by atoms with Gasteiger partial charge in [-0.1, -0.05) is 6.92 Å². The van der Waals surface area contributed by atoms with E-state index in [2.05, 4.69) is 5.32 Å². The largest absolute Gasteiger partial charge is 0.508 e. The number of anilines is 1. The van der Waals surface area contributed by atoms with Crippen molar-refractivity contribution in [2.75, 3.05) is 5.32 Å². The second-order valence-corrected chi connectivity index (χ2v) is 4.20. The molecule has 0 saturated carbocycles. The van der Waals surface area contributed by atoms with Crippen molar-refractivity contribution in [1.29, 1.82) is 0 Å². The van der Waals surface area contributed by atoms with Crippen molar-refractivity contribution in [3.63, 3.8) is 0 Å². The molecule has 0 bridgehead atoms. The first-order valence-corrected chi connectivity index (χ1v) is 6.02. The van der Waals surface area contributed by atoms with Crippen LogP contribution in [0.4, 0.5) is 5.69 Å². The molecule has 0 unspecified atom stereocenters. The van der Waals surface area contributed by atoms with Crippen molar-refractivity contribution in [3.05, 3.63) is 53.6 Å². The summed E-state index contributed by atoms with van der Waals surface area (Å²) in [6.07, 6.45) is 0.708. The molecule has 98 valence electrons. The molecule has 0 radical (unpaired) electrons. The Morgan fingerprint density at radius 3 is 2.32 bits per heavy atom. The summed E-state index contributed by atoms with van der Waals surface area (Å²) in [6, 6.07) is 10.9. The number of aryl methyl sites for hydroxylation is 1. The van der Waals surface area contributed by atoms with Crippen LogP contribution in [0.3, 0.4) is 0 Å². The quantitative estimate of drug-likeness (QED) is 0.740. The lowest BCUT2D eigenvalue weighted by atomic mass is 10.1. The zero-order chi connectivity index (χ0) is 13.8. The topological polar surface area (TPSA) is 69.6 Å². The molecule has 0 atom stereocenters. The molecule has 0 spiro atoms. The maximum Gasteiger partial charge on any atom is 0.255 e. The molecule has 0 aliphatic heterocycles. The zero-order valence-electron chi connectivity index (χ0n) is 10.6. The van der Waals surface area contributed by atoms with Crippen LogP contribution in [-0.4, -0.2) is 16.1 Å². The second-order valence-electron chi connectivity index (χ2n) is 4.20. The van der Waals surface area contributed by atoms with Gasteiger partial charge in [0.2, 0.25) is 0 Å². The summed E-state index contributed by atoms with van der Waals surface area (Å²) >= 11 is 0. The van der Waals surface area contributed by atoms with E-state index in [0.29, 0.717) is 17.7 Å². The number of carbonyl (C=O) groups is 1. The Morgan fingerprint density at radius 2 is 1.68 bits per heavy atom. The Bertz CT molecular complexity index is 591. The highest BCUT2D eigenvalue weighted by Gasteiger charge is 2.09. The first-order valence-electron chi connectivity index (χ1n) is 6.02. The maximum atomic E-state index is 12.0. The predicted octanol–water partition coefficient (Wildman–Crippen LogP) is 2.91. The van der Waals surface area contributed by atoms with E-state index in [-0.39, 0.29) is 17.4 Å². The Kier molecular flexibility index (Phi) is 3.71. The number of carbonyl (C=O) groups excluding carboxylic acids is 1. The molecule has 0 aromatic heterocycles. The number of rotatable bonds is 3. The Hall–Kier alpha value is -2.49. The number of phenolic OH excluding ortho intramolecular Hbond substituents is 2. The van der Waals surface area contributed by atoms with Crippen molar-refractivity contribution in [3.8, 4) is 11.5 Å². The molecule has 0 fully saturated rings. The lowest BCUT2D eigenvalue weighted by Crippen LogP contribution is -2.12. The van der Waals surface area contributed by atoms with Gasteiger partial charge < -0.3 is 15.5 Å². The first-order chi connectivity index (χ1) is 9.10. The molecule has 3 N–H and O–H groups in total. The van der Waals surface area contributed by atoms with E-state index in [1.807, 2.05) is 6.92 Å². The van der Waals surface area contributed by atoms with E-state index in [4.69, 9.17) is 0 Å². The SMILES string of the molecule is CCc1cc(O)ccc1NC(=O)c1ccc(O)cc1. The van der Waals surface area contributed by atoms with Gasteiger partial charge >= 0.3 is 0 Å². The molecule has 2 aromatic carbocycles. The summed E-state index contributed by atoms with van der Waals surface area (Å²) in [5, 5.41) is 21.4.